The molecule has 0 N–H and O–H groups in total. The summed E-state index contributed by atoms with van der Waals surface area (Å²) in [6.07, 6.45) is 10.5. The van der Waals surface area contributed by atoms with Gasteiger partial charge in [-0.05, 0) is 31.6 Å². The maximum atomic E-state index is 3.44. The Labute approximate surface area is 111 Å². The van der Waals surface area contributed by atoms with Gasteiger partial charge in [-0.15, -0.1) is 0 Å². The van der Waals surface area contributed by atoms with Crippen LogP contribution in [-0.4, -0.2) is 5.33 Å². The highest BCUT2D eigenvalue weighted by Crippen LogP contribution is 2.18. The van der Waals surface area contributed by atoms with Crippen molar-refractivity contribution in [1.82, 2.24) is 0 Å². The number of rotatable bonds is 9. The molecule has 0 aromatic rings. The molecule has 0 aliphatic rings. The van der Waals surface area contributed by atoms with Crippen molar-refractivity contribution in [3.8, 4) is 0 Å². The molecule has 0 aliphatic heterocycles. The van der Waals surface area contributed by atoms with Gasteiger partial charge in [0, 0.05) is 5.33 Å². The largest absolute Gasteiger partial charge is 0.0883 e. The molecule has 0 unspecified atom stereocenters. The fourth-order valence-electron chi connectivity index (χ4n) is 1.98. The monoisotopic (exact) mass is 288 g/mol. The number of hydrogen-bond donors (Lipinski definition) is 0. The fourth-order valence-corrected chi connectivity index (χ4v) is 2.53. The van der Waals surface area contributed by atoms with E-state index in [0.717, 1.165) is 17.2 Å². The van der Waals surface area contributed by atoms with Gasteiger partial charge in [0.25, 0.3) is 0 Å². The van der Waals surface area contributed by atoms with E-state index in [0.29, 0.717) is 0 Å². The summed E-state index contributed by atoms with van der Waals surface area (Å²) in [4.78, 5) is 0. The van der Waals surface area contributed by atoms with Crippen LogP contribution < -0.4 is 0 Å². The van der Waals surface area contributed by atoms with E-state index in [1.54, 1.807) is 0 Å². The average Bonchev–Trinajstić information content (AvgIpc) is 2.17. The second-order valence-electron chi connectivity index (χ2n) is 5.53. The Bertz CT molecular complexity index is 182. The summed E-state index contributed by atoms with van der Waals surface area (Å²) in [6, 6.07) is 0. The molecule has 0 aromatic heterocycles. The molecule has 0 rings (SSSR count). The van der Waals surface area contributed by atoms with Crippen LogP contribution in [0.5, 0.6) is 0 Å². The van der Waals surface area contributed by atoms with Gasteiger partial charge in [0.1, 0.15) is 0 Å². The van der Waals surface area contributed by atoms with Gasteiger partial charge in [0.15, 0.2) is 0 Å². The van der Waals surface area contributed by atoms with Crippen molar-refractivity contribution in [1.29, 1.82) is 0 Å². The summed E-state index contributed by atoms with van der Waals surface area (Å²) in [6.45, 7) is 9.28. The van der Waals surface area contributed by atoms with Crippen LogP contribution in [0.4, 0.5) is 0 Å². The Balaban J connectivity index is 3.43. The highest BCUT2D eigenvalue weighted by atomic mass is 79.9. The van der Waals surface area contributed by atoms with Crippen LogP contribution in [0.3, 0.4) is 0 Å². The molecule has 0 aromatic carbocycles. The summed E-state index contributed by atoms with van der Waals surface area (Å²) < 4.78 is 0. The first kappa shape index (κ1) is 16.2. The summed E-state index contributed by atoms with van der Waals surface area (Å²) in [5, 5.41) is 1.00. The van der Waals surface area contributed by atoms with Crippen molar-refractivity contribution in [2.75, 3.05) is 5.33 Å². The Kier molecular flexibility index (Phi) is 10.5. The molecule has 16 heavy (non-hydrogen) atoms. The minimum Gasteiger partial charge on any atom is -0.0883 e. The van der Waals surface area contributed by atoms with Crippen LogP contribution in [-0.2, 0) is 0 Å². The lowest BCUT2D eigenvalue weighted by molar-refractivity contribution is 0.427. The molecule has 1 heteroatoms. The summed E-state index contributed by atoms with van der Waals surface area (Å²) in [5.41, 5.74) is 1.53. The molecule has 0 spiro atoms. The van der Waals surface area contributed by atoms with Crippen molar-refractivity contribution < 1.29 is 0 Å². The van der Waals surface area contributed by atoms with E-state index in [2.05, 4.69) is 49.7 Å². The summed E-state index contributed by atoms with van der Waals surface area (Å²) in [7, 11) is 0. The van der Waals surface area contributed by atoms with Gasteiger partial charge in [-0.1, -0.05) is 74.0 Å². The molecule has 1 atom stereocenters. The van der Waals surface area contributed by atoms with Crippen LogP contribution in [0.2, 0.25) is 0 Å². The number of allylic oxidation sites excluding steroid dienone is 2. The molecule has 0 radical (unpaired) electrons. The van der Waals surface area contributed by atoms with E-state index in [9.17, 15) is 0 Å². The first-order valence-electron chi connectivity index (χ1n) is 6.77. The predicted octanol–water partition coefficient (Wildman–Crippen LogP) is 5.96. The lowest BCUT2D eigenvalue weighted by Crippen LogP contribution is -1.97. The van der Waals surface area contributed by atoms with Gasteiger partial charge in [-0.2, -0.15) is 0 Å². The normalized spacial score (nSPS) is 14.5. The van der Waals surface area contributed by atoms with Crippen molar-refractivity contribution in [3.63, 3.8) is 0 Å². The van der Waals surface area contributed by atoms with Crippen molar-refractivity contribution in [2.24, 2.45) is 11.8 Å². The third kappa shape index (κ3) is 10.7. The minimum absolute atomic E-state index is 0.872. The Morgan fingerprint density at radius 1 is 1.06 bits per heavy atom. The quantitative estimate of drug-likeness (QED) is 0.363. The first-order valence-corrected chi connectivity index (χ1v) is 7.90. The topological polar surface area (TPSA) is 0 Å². The molecule has 0 bridgehead atoms. The number of alkyl halides is 1. The van der Waals surface area contributed by atoms with Gasteiger partial charge in [-0.25, -0.2) is 0 Å². The summed E-state index contributed by atoms with van der Waals surface area (Å²) in [5.74, 6) is 1.78. The van der Waals surface area contributed by atoms with Crippen LogP contribution in [0.1, 0.15) is 66.2 Å². The Hall–Kier alpha value is 0.220. The van der Waals surface area contributed by atoms with E-state index in [4.69, 9.17) is 0 Å². The molecule has 0 fully saturated rings. The Morgan fingerprint density at radius 3 is 2.25 bits per heavy atom. The van der Waals surface area contributed by atoms with Gasteiger partial charge in [0.05, 0.1) is 0 Å². The van der Waals surface area contributed by atoms with Crippen LogP contribution in [0.25, 0.3) is 0 Å². The smallest absolute Gasteiger partial charge is 0.0214 e. The molecule has 0 saturated heterocycles. The van der Waals surface area contributed by atoms with Crippen LogP contribution in [0.15, 0.2) is 11.6 Å². The molecule has 0 nitrogen and oxygen atoms in total. The van der Waals surface area contributed by atoms with E-state index >= 15 is 0 Å². The zero-order valence-corrected chi connectivity index (χ0v) is 13.1. The highest BCUT2D eigenvalue weighted by molar-refractivity contribution is 9.09. The van der Waals surface area contributed by atoms with Crippen LogP contribution >= 0.6 is 15.9 Å². The number of hydrogen-bond acceptors (Lipinski definition) is 0. The fraction of sp³-hybridized carbons (Fsp3) is 0.867. The van der Waals surface area contributed by atoms with Crippen molar-refractivity contribution in [3.05, 3.63) is 11.6 Å². The van der Waals surface area contributed by atoms with Gasteiger partial charge in [0.2, 0.25) is 0 Å². The SMILES string of the molecule is C/C(=C\CBr)CCC[C@@H](C)CCCC(C)C. The van der Waals surface area contributed by atoms with Gasteiger partial charge >= 0.3 is 0 Å². The van der Waals surface area contributed by atoms with E-state index in [-0.39, 0.29) is 0 Å². The maximum Gasteiger partial charge on any atom is 0.0214 e. The zero-order chi connectivity index (χ0) is 12.4. The third-order valence-corrected chi connectivity index (χ3v) is 3.50. The molecule has 96 valence electrons. The molecular weight excluding hydrogens is 260 g/mol. The molecular formula is C15H29Br. The van der Waals surface area contributed by atoms with Gasteiger partial charge in [-0.3, -0.25) is 0 Å². The average molecular weight is 289 g/mol. The maximum absolute atomic E-state index is 3.44. The standard InChI is InChI=1S/C15H29Br/c1-13(2)7-5-8-14(3)9-6-10-15(4)11-12-16/h11,13-14H,5-10,12H2,1-4H3/b15-11+/t14-/m0/s1. The highest BCUT2D eigenvalue weighted by Gasteiger charge is 2.03. The molecule has 0 heterocycles. The zero-order valence-electron chi connectivity index (χ0n) is 11.6. The van der Waals surface area contributed by atoms with Crippen LogP contribution in [0, 0.1) is 11.8 Å². The lowest BCUT2D eigenvalue weighted by atomic mass is 9.94. The third-order valence-electron chi connectivity index (χ3n) is 3.17. The summed E-state index contributed by atoms with van der Waals surface area (Å²) >= 11 is 3.44. The van der Waals surface area contributed by atoms with E-state index in [1.807, 2.05) is 0 Å². The molecule has 0 amide bonds. The number of halogens is 1. The second-order valence-corrected chi connectivity index (χ2v) is 6.17. The van der Waals surface area contributed by atoms with Crippen molar-refractivity contribution >= 4 is 15.9 Å². The van der Waals surface area contributed by atoms with E-state index in [1.165, 1.54) is 44.1 Å². The molecule has 0 saturated carbocycles. The Morgan fingerprint density at radius 2 is 1.69 bits per heavy atom. The second kappa shape index (κ2) is 10.4. The van der Waals surface area contributed by atoms with Crippen molar-refractivity contribution in [2.45, 2.75) is 66.2 Å². The minimum atomic E-state index is 0.872. The first-order chi connectivity index (χ1) is 7.56. The lowest BCUT2D eigenvalue weighted by Gasteiger charge is -2.12. The molecule has 0 aliphatic carbocycles. The van der Waals surface area contributed by atoms with E-state index < -0.39 is 0 Å². The predicted molar refractivity (Wildman–Crippen MR) is 79.3 cm³/mol. The van der Waals surface area contributed by atoms with Gasteiger partial charge < -0.3 is 0 Å².